The van der Waals surface area contributed by atoms with Gasteiger partial charge in [0.15, 0.2) is 11.5 Å². The predicted octanol–water partition coefficient (Wildman–Crippen LogP) is 2.30. The summed E-state index contributed by atoms with van der Waals surface area (Å²) >= 11 is 0. The molecule has 1 aromatic carbocycles. The molecule has 0 aliphatic carbocycles. The number of ether oxygens (including phenoxy) is 3. The molecule has 2 aliphatic heterocycles. The van der Waals surface area contributed by atoms with E-state index in [1.54, 1.807) is 0 Å². The van der Waals surface area contributed by atoms with Crippen LogP contribution < -0.4 is 19.7 Å². The topological polar surface area (TPSA) is 55.9 Å². The van der Waals surface area contributed by atoms with Crippen LogP contribution in [0.3, 0.4) is 0 Å². The Kier molecular flexibility index (Phi) is 4.16. The molecule has 0 bridgehead atoms. The van der Waals surface area contributed by atoms with E-state index < -0.39 is 0 Å². The maximum absolute atomic E-state index is 5.67. The highest BCUT2D eigenvalue weighted by molar-refractivity contribution is 5.85. The summed E-state index contributed by atoms with van der Waals surface area (Å²) in [5, 5.41) is 4.58. The first kappa shape index (κ1) is 15.5. The van der Waals surface area contributed by atoms with E-state index in [1.165, 1.54) is 12.0 Å². The summed E-state index contributed by atoms with van der Waals surface area (Å²) in [5.41, 5.74) is 2.09. The zero-order valence-corrected chi connectivity index (χ0v) is 14.2. The molecule has 0 amide bonds. The molecular formula is C18H23N3O3. The minimum absolute atomic E-state index is 0.280. The molecule has 0 saturated carbocycles. The summed E-state index contributed by atoms with van der Waals surface area (Å²) in [6.45, 7) is 2.82. The number of pyridine rings is 1. The highest BCUT2D eigenvalue weighted by atomic mass is 16.7. The maximum atomic E-state index is 5.67. The minimum Gasteiger partial charge on any atom is -0.454 e. The van der Waals surface area contributed by atoms with Crippen LogP contribution in [0.4, 0.5) is 5.82 Å². The molecule has 1 aromatic heterocycles. The number of aromatic nitrogens is 1. The van der Waals surface area contributed by atoms with Gasteiger partial charge in [0.2, 0.25) is 6.79 Å². The molecule has 2 aliphatic rings. The van der Waals surface area contributed by atoms with Crippen molar-refractivity contribution in [1.82, 2.24) is 10.3 Å². The van der Waals surface area contributed by atoms with Gasteiger partial charge in [-0.1, -0.05) is 0 Å². The van der Waals surface area contributed by atoms with E-state index >= 15 is 0 Å². The Bertz CT molecular complexity index is 742. The van der Waals surface area contributed by atoms with Gasteiger partial charge in [0, 0.05) is 50.8 Å². The number of rotatable bonds is 5. The van der Waals surface area contributed by atoms with Crippen LogP contribution in [0.15, 0.2) is 18.2 Å². The van der Waals surface area contributed by atoms with Gasteiger partial charge in [0.25, 0.3) is 0 Å². The summed E-state index contributed by atoms with van der Waals surface area (Å²) in [7, 11) is 4.04. The number of nitrogens with zero attached hydrogens (tertiary/aromatic N) is 2. The fraction of sp³-hybridized carbons (Fsp3) is 0.500. The third kappa shape index (κ3) is 2.99. The molecule has 1 fully saturated rings. The maximum Gasteiger partial charge on any atom is 0.231 e. The molecule has 1 N–H and O–H groups in total. The Balaban J connectivity index is 1.59. The SMILES string of the molecule is CN(C)c1nc2cc3c(cc2cc1CNC[C@H]1CCCO1)OCO3. The van der Waals surface area contributed by atoms with Gasteiger partial charge in [-0.3, -0.25) is 0 Å². The van der Waals surface area contributed by atoms with Crippen molar-refractivity contribution in [2.45, 2.75) is 25.5 Å². The van der Waals surface area contributed by atoms with Crippen molar-refractivity contribution in [3.05, 3.63) is 23.8 Å². The first-order valence-electron chi connectivity index (χ1n) is 8.43. The van der Waals surface area contributed by atoms with Gasteiger partial charge in [-0.05, 0) is 25.0 Å². The summed E-state index contributed by atoms with van der Waals surface area (Å²) in [4.78, 5) is 6.87. The minimum atomic E-state index is 0.280. The third-order valence-corrected chi connectivity index (χ3v) is 4.50. The molecule has 1 atom stereocenters. The van der Waals surface area contributed by atoms with Gasteiger partial charge in [0.05, 0.1) is 11.6 Å². The predicted molar refractivity (Wildman–Crippen MR) is 92.9 cm³/mol. The lowest BCUT2D eigenvalue weighted by Gasteiger charge is -2.18. The Morgan fingerprint density at radius 3 is 2.79 bits per heavy atom. The lowest BCUT2D eigenvalue weighted by molar-refractivity contribution is 0.110. The Morgan fingerprint density at radius 1 is 1.21 bits per heavy atom. The van der Waals surface area contributed by atoms with Crippen molar-refractivity contribution in [1.29, 1.82) is 0 Å². The molecule has 0 radical (unpaired) electrons. The van der Waals surface area contributed by atoms with Gasteiger partial charge in [0.1, 0.15) is 5.82 Å². The average Bonchev–Trinajstić information content (AvgIpc) is 3.23. The van der Waals surface area contributed by atoms with Gasteiger partial charge < -0.3 is 24.4 Å². The standard InChI is InChI=1S/C18H23N3O3/c1-21(2)18-13(9-19-10-14-4-3-5-22-14)6-12-7-16-17(24-11-23-16)8-15(12)20-18/h6-8,14,19H,3-5,9-11H2,1-2H3/t14-/m1/s1. The molecular weight excluding hydrogens is 306 g/mol. The number of hydrogen-bond donors (Lipinski definition) is 1. The number of benzene rings is 1. The summed E-state index contributed by atoms with van der Waals surface area (Å²) in [6.07, 6.45) is 2.66. The first-order chi connectivity index (χ1) is 11.7. The van der Waals surface area contributed by atoms with Crippen molar-refractivity contribution >= 4 is 16.7 Å². The number of fused-ring (bicyclic) bond motifs is 2. The van der Waals surface area contributed by atoms with Gasteiger partial charge in [-0.2, -0.15) is 0 Å². The van der Waals surface area contributed by atoms with E-state index in [0.29, 0.717) is 6.10 Å². The van der Waals surface area contributed by atoms with E-state index in [0.717, 1.165) is 54.3 Å². The second kappa shape index (κ2) is 6.45. The van der Waals surface area contributed by atoms with Crippen LogP contribution in [0.1, 0.15) is 18.4 Å². The van der Waals surface area contributed by atoms with Crippen LogP contribution in [-0.2, 0) is 11.3 Å². The molecule has 4 rings (SSSR count). The summed E-state index contributed by atoms with van der Waals surface area (Å²) < 4.78 is 16.6. The van der Waals surface area contributed by atoms with Crippen molar-refractivity contribution in [3.63, 3.8) is 0 Å². The number of hydrogen-bond acceptors (Lipinski definition) is 6. The quantitative estimate of drug-likeness (QED) is 0.908. The van der Waals surface area contributed by atoms with Crippen molar-refractivity contribution in [2.24, 2.45) is 0 Å². The van der Waals surface area contributed by atoms with Gasteiger partial charge in [-0.25, -0.2) is 4.98 Å². The lowest BCUT2D eigenvalue weighted by atomic mass is 10.1. The number of anilines is 1. The summed E-state index contributed by atoms with van der Waals surface area (Å²) in [5.74, 6) is 2.53. The molecule has 2 aromatic rings. The molecule has 24 heavy (non-hydrogen) atoms. The molecule has 1 saturated heterocycles. The molecule has 6 heteroatoms. The largest absolute Gasteiger partial charge is 0.454 e. The Hall–Kier alpha value is -2.05. The van der Waals surface area contributed by atoms with Crippen LogP contribution in [0.5, 0.6) is 11.5 Å². The van der Waals surface area contributed by atoms with Gasteiger partial charge >= 0.3 is 0 Å². The smallest absolute Gasteiger partial charge is 0.231 e. The molecule has 0 spiro atoms. The molecule has 6 nitrogen and oxygen atoms in total. The highest BCUT2D eigenvalue weighted by Gasteiger charge is 2.18. The van der Waals surface area contributed by atoms with Crippen LogP contribution in [-0.4, -0.2) is 45.1 Å². The summed E-state index contributed by atoms with van der Waals surface area (Å²) in [6, 6.07) is 6.14. The van der Waals surface area contributed by atoms with Crippen LogP contribution in [0.25, 0.3) is 10.9 Å². The number of nitrogens with one attached hydrogen (secondary N) is 1. The van der Waals surface area contributed by atoms with E-state index in [4.69, 9.17) is 19.2 Å². The third-order valence-electron chi connectivity index (χ3n) is 4.50. The molecule has 3 heterocycles. The van der Waals surface area contributed by atoms with Crippen molar-refractivity contribution < 1.29 is 14.2 Å². The van der Waals surface area contributed by atoms with Crippen molar-refractivity contribution in [2.75, 3.05) is 38.9 Å². The fourth-order valence-electron chi connectivity index (χ4n) is 3.29. The van der Waals surface area contributed by atoms with E-state index in [-0.39, 0.29) is 6.79 Å². The first-order valence-corrected chi connectivity index (χ1v) is 8.43. The van der Waals surface area contributed by atoms with Gasteiger partial charge in [-0.15, -0.1) is 0 Å². The van der Waals surface area contributed by atoms with E-state index in [1.807, 2.05) is 31.1 Å². The normalized spacial score (nSPS) is 19.2. The monoisotopic (exact) mass is 329 g/mol. The Labute approximate surface area is 141 Å². The lowest BCUT2D eigenvalue weighted by Crippen LogP contribution is -2.26. The van der Waals surface area contributed by atoms with Crippen LogP contribution in [0.2, 0.25) is 0 Å². The second-order valence-corrected chi connectivity index (χ2v) is 6.53. The fourth-order valence-corrected chi connectivity index (χ4v) is 3.29. The zero-order valence-electron chi connectivity index (χ0n) is 14.2. The highest BCUT2D eigenvalue weighted by Crippen LogP contribution is 2.36. The van der Waals surface area contributed by atoms with Crippen LogP contribution in [0, 0.1) is 0 Å². The average molecular weight is 329 g/mol. The van der Waals surface area contributed by atoms with Crippen LogP contribution >= 0.6 is 0 Å². The van der Waals surface area contributed by atoms with E-state index in [2.05, 4.69) is 11.4 Å². The van der Waals surface area contributed by atoms with Crippen molar-refractivity contribution in [3.8, 4) is 11.5 Å². The zero-order chi connectivity index (χ0) is 16.5. The molecule has 0 unspecified atom stereocenters. The van der Waals surface area contributed by atoms with E-state index in [9.17, 15) is 0 Å². The Morgan fingerprint density at radius 2 is 2.04 bits per heavy atom. The second-order valence-electron chi connectivity index (χ2n) is 6.53. The molecule has 128 valence electrons.